The van der Waals surface area contributed by atoms with Crippen LogP contribution in [0.1, 0.15) is 18.2 Å². The van der Waals surface area contributed by atoms with Crippen LogP contribution in [-0.2, 0) is 11.2 Å². The standard InChI is InChI=1S/C21H18N4O2.C18H14N4OS/c1-13(26)22-16-9-6-14(7-10-16)12-19-20(21(27)25-24-19)18-11-8-15-4-2-3-5-17(15)23-18;19-12-6-8-13(9-7-12)24-18-16(17(23)21-22-18)15-10-5-11-3-1-2-4-14(11)20-15/h2-11H,12H2,1H3,(H,22,26)(H2,24,25,27);1-10H,19H2,(H2,21,22,23). The van der Waals surface area contributed by atoms with Crippen molar-refractivity contribution in [2.45, 2.75) is 23.3 Å². The molecule has 0 bridgehead atoms. The number of pyridine rings is 2. The minimum Gasteiger partial charge on any atom is -0.399 e. The number of benzene rings is 4. The lowest BCUT2D eigenvalue weighted by atomic mass is 10.0. The van der Waals surface area contributed by atoms with E-state index >= 15 is 0 Å². The summed E-state index contributed by atoms with van der Waals surface area (Å²) in [6.07, 6.45) is 0.545. The van der Waals surface area contributed by atoms with E-state index in [1.54, 1.807) is 0 Å². The van der Waals surface area contributed by atoms with Gasteiger partial charge in [0.2, 0.25) is 5.91 Å². The molecule has 0 unspecified atom stereocenters. The monoisotopic (exact) mass is 692 g/mol. The van der Waals surface area contributed by atoms with Crippen LogP contribution in [0.2, 0.25) is 0 Å². The van der Waals surface area contributed by atoms with Crippen molar-refractivity contribution < 1.29 is 4.79 Å². The van der Waals surface area contributed by atoms with E-state index in [2.05, 4.69) is 35.7 Å². The Labute approximate surface area is 295 Å². The first-order chi connectivity index (χ1) is 24.8. The third-order valence-electron chi connectivity index (χ3n) is 8.06. The van der Waals surface area contributed by atoms with Gasteiger partial charge in [-0.1, -0.05) is 72.4 Å². The summed E-state index contributed by atoms with van der Waals surface area (Å²) >= 11 is 1.46. The minimum atomic E-state index is -0.192. The molecular formula is C39H32N8O3S. The van der Waals surface area contributed by atoms with Crippen LogP contribution in [0.5, 0.6) is 0 Å². The Kier molecular flexibility index (Phi) is 9.31. The fourth-order valence-corrected chi connectivity index (χ4v) is 6.54. The molecule has 4 aromatic heterocycles. The van der Waals surface area contributed by atoms with Crippen molar-refractivity contribution in [1.82, 2.24) is 30.4 Å². The van der Waals surface area contributed by atoms with E-state index in [0.717, 1.165) is 48.7 Å². The molecule has 0 saturated carbocycles. The maximum Gasteiger partial charge on any atom is 0.274 e. The number of fused-ring (bicyclic) bond motifs is 2. The van der Waals surface area contributed by atoms with Gasteiger partial charge in [0.25, 0.3) is 11.1 Å². The van der Waals surface area contributed by atoms with Gasteiger partial charge in [0.1, 0.15) is 5.03 Å². The van der Waals surface area contributed by atoms with E-state index in [1.807, 2.05) is 121 Å². The lowest BCUT2D eigenvalue weighted by Crippen LogP contribution is -2.05. The Hall–Kier alpha value is -6.66. The van der Waals surface area contributed by atoms with Crippen molar-refractivity contribution in [1.29, 1.82) is 0 Å². The number of rotatable bonds is 7. The predicted octanol–water partition coefficient (Wildman–Crippen LogP) is 7.12. The molecule has 0 aliphatic rings. The van der Waals surface area contributed by atoms with E-state index in [4.69, 9.17) is 5.73 Å². The Morgan fingerprint density at radius 2 is 1.24 bits per heavy atom. The van der Waals surface area contributed by atoms with Gasteiger partial charge >= 0.3 is 0 Å². The number of hydrogen-bond donors (Lipinski definition) is 6. The summed E-state index contributed by atoms with van der Waals surface area (Å²) in [6, 6.07) is 38.4. The number of nitrogen functional groups attached to an aromatic ring is 1. The quantitative estimate of drug-likeness (QED) is 0.0963. The van der Waals surface area contributed by atoms with E-state index in [0.29, 0.717) is 34.6 Å². The van der Waals surface area contributed by atoms with Crippen LogP contribution in [0, 0.1) is 0 Å². The number of aromatic amines is 4. The molecular weight excluding hydrogens is 661 g/mol. The molecule has 12 heteroatoms. The number of anilines is 2. The summed E-state index contributed by atoms with van der Waals surface area (Å²) < 4.78 is 0. The maximum atomic E-state index is 12.4. The van der Waals surface area contributed by atoms with E-state index in [1.165, 1.54) is 18.7 Å². The van der Waals surface area contributed by atoms with Gasteiger partial charge in [0, 0.05) is 40.4 Å². The molecule has 51 heavy (non-hydrogen) atoms. The van der Waals surface area contributed by atoms with Crippen molar-refractivity contribution in [3.05, 3.63) is 153 Å². The molecule has 7 N–H and O–H groups in total. The topological polar surface area (TPSA) is 178 Å². The number of nitrogens with one attached hydrogen (secondary N) is 5. The number of nitrogens with two attached hydrogens (primary N) is 1. The van der Waals surface area contributed by atoms with Crippen LogP contribution in [0.15, 0.2) is 141 Å². The second-order valence-electron chi connectivity index (χ2n) is 11.7. The lowest BCUT2D eigenvalue weighted by Gasteiger charge is -2.06. The van der Waals surface area contributed by atoms with Gasteiger partial charge in [0.15, 0.2) is 0 Å². The molecule has 8 aromatic rings. The number of nitrogens with zero attached hydrogens (tertiary/aromatic N) is 2. The Morgan fingerprint density at radius 3 is 1.86 bits per heavy atom. The number of H-pyrrole nitrogens is 4. The van der Waals surface area contributed by atoms with Crippen molar-refractivity contribution in [2.75, 3.05) is 11.1 Å². The van der Waals surface area contributed by atoms with Gasteiger partial charge in [-0.25, -0.2) is 9.97 Å². The van der Waals surface area contributed by atoms with Crippen LogP contribution in [0.3, 0.4) is 0 Å². The summed E-state index contributed by atoms with van der Waals surface area (Å²) in [4.78, 5) is 46.0. The average molecular weight is 693 g/mol. The Balaban J connectivity index is 0.000000160. The van der Waals surface area contributed by atoms with Crippen molar-refractivity contribution in [3.8, 4) is 22.5 Å². The smallest absolute Gasteiger partial charge is 0.274 e. The molecule has 0 spiro atoms. The number of aromatic nitrogens is 6. The number of amides is 1. The third-order valence-corrected chi connectivity index (χ3v) is 9.08. The summed E-state index contributed by atoms with van der Waals surface area (Å²) in [7, 11) is 0. The molecule has 4 heterocycles. The maximum absolute atomic E-state index is 12.4. The first kappa shape index (κ1) is 32.9. The summed E-state index contributed by atoms with van der Waals surface area (Å²) in [6.45, 7) is 1.47. The molecule has 0 saturated heterocycles. The van der Waals surface area contributed by atoms with Crippen molar-refractivity contribution in [3.63, 3.8) is 0 Å². The van der Waals surface area contributed by atoms with Gasteiger partial charge in [-0.3, -0.25) is 29.7 Å². The number of carbonyl (C=O) groups excluding carboxylic acids is 1. The Morgan fingerprint density at radius 1 is 0.667 bits per heavy atom. The van der Waals surface area contributed by atoms with E-state index in [9.17, 15) is 14.4 Å². The summed E-state index contributed by atoms with van der Waals surface area (Å²) in [5.41, 5.74) is 12.7. The fraction of sp³-hybridized carbons (Fsp3) is 0.0513. The first-order valence-electron chi connectivity index (χ1n) is 16.0. The van der Waals surface area contributed by atoms with Gasteiger partial charge in [0.05, 0.1) is 39.2 Å². The lowest BCUT2D eigenvalue weighted by molar-refractivity contribution is -0.114. The van der Waals surface area contributed by atoms with Gasteiger partial charge in [-0.05, 0) is 66.2 Å². The molecule has 0 aliphatic carbocycles. The second-order valence-corrected chi connectivity index (χ2v) is 12.8. The molecule has 11 nitrogen and oxygen atoms in total. The van der Waals surface area contributed by atoms with Gasteiger partial charge in [-0.15, -0.1) is 0 Å². The second kappa shape index (κ2) is 14.4. The molecule has 0 atom stereocenters. The number of para-hydroxylation sites is 2. The number of hydrogen-bond acceptors (Lipinski definition) is 7. The fourth-order valence-electron chi connectivity index (χ4n) is 5.63. The molecule has 0 radical (unpaired) electrons. The highest BCUT2D eigenvalue weighted by Gasteiger charge is 2.16. The van der Waals surface area contributed by atoms with Crippen LogP contribution in [0.4, 0.5) is 11.4 Å². The first-order valence-corrected chi connectivity index (χ1v) is 16.8. The van der Waals surface area contributed by atoms with Crippen LogP contribution in [-0.4, -0.2) is 36.3 Å². The molecule has 0 aliphatic heterocycles. The number of carbonyl (C=O) groups is 1. The average Bonchev–Trinajstić information content (AvgIpc) is 3.70. The van der Waals surface area contributed by atoms with Gasteiger partial charge in [-0.2, -0.15) is 0 Å². The molecule has 0 fully saturated rings. The van der Waals surface area contributed by atoms with Crippen LogP contribution in [0.25, 0.3) is 44.3 Å². The van der Waals surface area contributed by atoms with Crippen LogP contribution >= 0.6 is 11.8 Å². The zero-order chi connectivity index (χ0) is 35.3. The van der Waals surface area contributed by atoms with Gasteiger partial charge < -0.3 is 16.1 Å². The largest absolute Gasteiger partial charge is 0.399 e. The highest BCUT2D eigenvalue weighted by Crippen LogP contribution is 2.32. The predicted molar refractivity (Wildman–Crippen MR) is 203 cm³/mol. The summed E-state index contributed by atoms with van der Waals surface area (Å²) in [5, 5.41) is 16.8. The van der Waals surface area contributed by atoms with E-state index < -0.39 is 0 Å². The zero-order valence-corrected chi connectivity index (χ0v) is 28.2. The molecule has 8 rings (SSSR count). The zero-order valence-electron chi connectivity index (χ0n) is 27.4. The summed E-state index contributed by atoms with van der Waals surface area (Å²) in [5.74, 6) is -0.109. The Bertz CT molecular complexity index is 2600. The molecule has 1 amide bonds. The van der Waals surface area contributed by atoms with Crippen molar-refractivity contribution >= 4 is 50.8 Å². The normalized spacial score (nSPS) is 10.9. The van der Waals surface area contributed by atoms with Crippen LogP contribution < -0.4 is 22.2 Å². The minimum absolute atomic E-state index is 0.109. The highest BCUT2D eigenvalue weighted by molar-refractivity contribution is 7.99. The third kappa shape index (κ3) is 7.51. The SMILES string of the molecule is CC(=O)Nc1ccc(Cc2[nH][nH]c(=O)c2-c2ccc3ccccc3n2)cc1.Nc1ccc(Sc2[nH][nH]c(=O)c2-c2ccc3ccccc3n2)cc1. The molecule has 4 aromatic carbocycles. The molecule has 252 valence electrons. The van der Waals surface area contributed by atoms with Crippen molar-refractivity contribution in [2.24, 2.45) is 0 Å². The highest BCUT2D eigenvalue weighted by atomic mass is 32.2. The van der Waals surface area contributed by atoms with E-state index in [-0.39, 0.29) is 17.0 Å².